The lowest BCUT2D eigenvalue weighted by atomic mass is 9.89. The van der Waals surface area contributed by atoms with Crippen LogP contribution in [0.15, 0.2) is 89.7 Å². The molecule has 4 aromatic rings. The Kier molecular flexibility index (Phi) is 6.47. The number of H-pyrrole nitrogens is 1. The van der Waals surface area contributed by atoms with Crippen molar-refractivity contribution in [3.8, 4) is 0 Å². The van der Waals surface area contributed by atoms with E-state index in [0.29, 0.717) is 19.7 Å². The highest BCUT2D eigenvalue weighted by atomic mass is 16.6. The third-order valence-electron chi connectivity index (χ3n) is 6.75. The number of fused-ring (bicyclic) bond motifs is 1. The average Bonchev–Trinajstić information content (AvgIpc) is 3.23. The zero-order valence-electron chi connectivity index (χ0n) is 19.1. The van der Waals surface area contributed by atoms with E-state index in [2.05, 4.69) is 29.2 Å². The highest BCUT2D eigenvalue weighted by Crippen LogP contribution is 2.28. The first-order valence-corrected chi connectivity index (χ1v) is 11.9. The molecule has 6 nitrogen and oxygen atoms in total. The highest BCUT2D eigenvalue weighted by Gasteiger charge is 2.27. The van der Waals surface area contributed by atoms with Gasteiger partial charge in [0.15, 0.2) is 0 Å². The standard InChI is InChI=1S/C28H29N3O3/c32-27-29-25-13-7-8-14-26(25)31(27)23-15-18-30(19-16-23)28(33)34-20-17-24(21-9-3-1-4-10-21)22-11-5-2-6-12-22/h1-14,23-24H,15-20H2,(H,29,32). The topological polar surface area (TPSA) is 67.3 Å². The van der Waals surface area contributed by atoms with E-state index < -0.39 is 0 Å². The molecule has 5 rings (SSSR count). The molecule has 0 radical (unpaired) electrons. The number of piperidine rings is 1. The Morgan fingerprint density at radius 3 is 2.12 bits per heavy atom. The molecule has 0 atom stereocenters. The Bertz CT molecular complexity index is 1250. The van der Waals surface area contributed by atoms with Crippen LogP contribution in [0, 0.1) is 0 Å². The first-order valence-electron chi connectivity index (χ1n) is 11.9. The van der Waals surface area contributed by atoms with E-state index in [0.717, 1.165) is 30.3 Å². The smallest absolute Gasteiger partial charge is 0.409 e. The van der Waals surface area contributed by atoms with Crippen molar-refractivity contribution in [1.82, 2.24) is 14.5 Å². The van der Waals surface area contributed by atoms with E-state index in [4.69, 9.17) is 4.74 Å². The molecule has 1 aliphatic heterocycles. The molecule has 0 unspecified atom stereocenters. The highest BCUT2D eigenvalue weighted by molar-refractivity contribution is 5.75. The predicted octanol–water partition coefficient (Wildman–Crippen LogP) is 5.33. The number of para-hydroxylation sites is 2. The van der Waals surface area contributed by atoms with E-state index in [1.54, 1.807) is 4.90 Å². The van der Waals surface area contributed by atoms with E-state index >= 15 is 0 Å². The van der Waals surface area contributed by atoms with Crippen LogP contribution in [0.4, 0.5) is 4.79 Å². The van der Waals surface area contributed by atoms with Gasteiger partial charge in [-0.2, -0.15) is 0 Å². The average molecular weight is 456 g/mol. The Hall–Kier alpha value is -3.80. The van der Waals surface area contributed by atoms with Gasteiger partial charge in [-0.1, -0.05) is 72.8 Å². The van der Waals surface area contributed by atoms with Gasteiger partial charge in [0, 0.05) is 25.0 Å². The number of ether oxygens (including phenoxy) is 1. The molecule has 1 aromatic heterocycles. The van der Waals surface area contributed by atoms with Crippen molar-refractivity contribution in [2.75, 3.05) is 19.7 Å². The molecule has 34 heavy (non-hydrogen) atoms. The van der Waals surface area contributed by atoms with Gasteiger partial charge in [0.25, 0.3) is 0 Å². The number of aromatic nitrogens is 2. The van der Waals surface area contributed by atoms with Gasteiger partial charge >= 0.3 is 11.8 Å². The number of hydrogen-bond acceptors (Lipinski definition) is 3. The summed E-state index contributed by atoms with van der Waals surface area (Å²) in [5.41, 5.74) is 4.11. The quantitative estimate of drug-likeness (QED) is 0.428. The number of rotatable bonds is 6. The molecule has 0 bridgehead atoms. The molecule has 0 spiro atoms. The maximum atomic E-state index is 12.8. The number of imidazole rings is 1. The fourth-order valence-corrected chi connectivity index (χ4v) is 5.00. The number of nitrogens with zero attached hydrogens (tertiary/aromatic N) is 2. The molecule has 6 heteroatoms. The van der Waals surface area contributed by atoms with Crippen molar-refractivity contribution in [1.29, 1.82) is 0 Å². The van der Waals surface area contributed by atoms with Crippen molar-refractivity contribution < 1.29 is 9.53 Å². The van der Waals surface area contributed by atoms with E-state index in [9.17, 15) is 9.59 Å². The fraction of sp³-hybridized carbons (Fsp3) is 0.286. The summed E-state index contributed by atoms with van der Waals surface area (Å²) in [6.45, 7) is 1.52. The van der Waals surface area contributed by atoms with Gasteiger partial charge < -0.3 is 14.6 Å². The SMILES string of the molecule is O=C(OCCC(c1ccccc1)c1ccccc1)N1CCC(n2c(=O)[nH]c3ccccc32)CC1. The van der Waals surface area contributed by atoms with Crippen molar-refractivity contribution >= 4 is 17.1 Å². The number of amides is 1. The van der Waals surface area contributed by atoms with Crippen LogP contribution in [-0.4, -0.2) is 40.2 Å². The maximum absolute atomic E-state index is 12.8. The van der Waals surface area contributed by atoms with Gasteiger partial charge in [-0.25, -0.2) is 9.59 Å². The Labute approximate surface area is 198 Å². The lowest BCUT2D eigenvalue weighted by Crippen LogP contribution is -2.40. The Morgan fingerprint density at radius 1 is 0.882 bits per heavy atom. The van der Waals surface area contributed by atoms with Gasteiger partial charge in [-0.05, 0) is 42.5 Å². The summed E-state index contributed by atoms with van der Waals surface area (Å²) in [6, 6.07) is 28.5. The summed E-state index contributed by atoms with van der Waals surface area (Å²) in [6.07, 6.45) is 1.91. The van der Waals surface area contributed by atoms with Crippen molar-refractivity contribution in [2.24, 2.45) is 0 Å². The molecule has 0 saturated carbocycles. The van der Waals surface area contributed by atoms with Gasteiger partial charge in [0.1, 0.15) is 0 Å². The summed E-state index contributed by atoms with van der Waals surface area (Å²) in [4.78, 5) is 29.9. The lowest BCUT2D eigenvalue weighted by Gasteiger charge is -2.32. The van der Waals surface area contributed by atoms with Crippen LogP contribution in [0.25, 0.3) is 11.0 Å². The number of hydrogen-bond donors (Lipinski definition) is 1. The molecule has 1 N–H and O–H groups in total. The van der Waals surface area contributed by atoms with Crippen molar-refractivity contribution in [3.05, 3.63) is 107 Å². The number of carbonyl (C=O) groups is 1. The zero-order chi connectivity index (χ0) is 23.3. The second-order valence-corrected chi connectivity index (χ2v) is 8.81. The third-order valence-corrected chi connectivity index (χ3v) is 6.75. The van der Waals surface area contributed by atoms with Crippen LogP contribution in [-0.2, 0) is 4.74 Å². The van der Waals surface area contributed by atoms with Crippen LogP contribution in [0.3, 0.4) is 0 Å². The molecule has 1 amide bonds. The van der Waals surface area contributed by atoms with Crippen LogP contribution >= 0.6 is 0 Å². The van der Waals surface area contributed by atoms with Crippen molar-refractivity contribution in [3.63, 3.8) is 0 Å². The molecular formula is C28H29N3O3. The number of nitrogens with one attached hydrogen (secondary N) is 1. The van der Waals surface area contributed by atoms with Gasteiger partial charge in [0.05, 0.1) is 17.6 Å². The van der Waals surface area contributed by atoms with Crippen LogP contribution in [0.5, 0.6) is 0 Å². The first kappa shape index (κ1) is 22.0. The van der Waals surface area contributed by atoms with Gasteiger partial charge in [-0.15, -0.1) is 0 Å². The largest absolute Gasteiger partial charge is 0.449 e. The Balaban J connectivity index is 1.18. The maximum Gasteiger partial charge on any atom is 0.409 e. The second kappa shape index (κ2) is 10.00. The number of carbonyl (C=O) groups excluding carboxylic acids is 1. The minimum Gasteiger partial charge on any atom is -0.449 e. The number of aromatic amines is 1. The summed E-state index contributed by atoms with van der Waals surface area (Å²) in [7, 11) is 0. The lowest BCUT2D eigenvalue weighted by molar-refractivity contribution is 0.0869. The Morgan fingerprint density at radius 2 is 1.47 bits per heavy atom. The minimum atomic E-state index is -0.274. The van der Waals surface area contributed by atoms with Gasteiger partial charge in [-0.3, -0.25) is 4.57 Å². The fourth-order valence-electron chi connectivity index (χ4n) is 5.00. The summed E-state index contributed by atoms with van der Waals surface area (Å²) >= 11 is 0. The van der Waals surface area contributed by atoms with Crippen LogP contribution in [0.2, 0.25) is 0 Å². The molecular weight excluding hydrogens is 426 g/mol. The molecule has 1 aliphatic rings. The first-order chi connectivity index (χ1) is 16.7. The molecule has 1 fully saturated rings. The van der Waals surface area contributed by atoms with E-state index in [-0.39, 0.29) is 23.7 Å². The second-order valence-electron chi connectivity index (χ2n) is 8.81. The molecule has 174 valence electrons. The minimum absolute atomic E-state index is 0.0771. The summed E-state index contributed by atoms with van der Waals surface area (Å²) in [5.74, 6) is 0.176. The monoisotopic (exact) mass is 455 g/mol. The molecule has 2 heterocycles. The van der Waals surface area contributed by atoms with Gasteiger partial charge in [0.2, 0.25) is 0 Å². The van der Waals surface area contributed by atoms with Crippen molar-refractivity contribution in [2.45, 2.75) is 31.2 Å². The van der Waals surface area contributed by atoms with Crippen LogP contribution in [0.1, 0.15) is 42.3 Å². The zero-order valence-corrected chi connectivity index (χ0v) is 19.1. The number of benzene rings is 3. The normalized spacial score (nSPS) is 14.6. The predicted molar refractivity (Wildman–Crippen MR) is 133 cm³/mol. The van der Waals surface area contributed by atoms with E-state index in [1.807, 2.05) is 65.2 Å². The summed E-state index contributed by atoms with van der Waals surface area (Å²) < 4.78 is 7.52. The molecule has 0 aliphatic carbocycles. The molecule has 3 aromatic carbocycles. The molecule has 1 saturated heterocycles. The third kappa shape index (κ3) is 4.62. The number of likely N-dealkylation sites (tertiary alicyclic amines) is 1. The van der Waals surface area contributed by atoms with E-state index in [1.165, 1.54) is 11.1 Å². The summed E-state index contributed by atoms with van der Waals surface area (Å²) in [5, 5.41) is 0. The van der Waals surface area contributed by atoms with Crippen LogP contribution < -0.4 is 5.69 Å².